The molecule has 3 heteroatoms. The number of nitrogens with zero attached hydrogens (tertiary/aromatic N) is 1. The summed E-state index contributed by atoms with van der Waals surface area (Å²) in [5.41, 5.74) is 1.03. The lowest BCUT2D eigenvalue weighted by molar-refractivity contribution is 1.35. The van der Waals surface area contributed by atoms with Crippen molar-refractivity contribution in [3.05, 3.63) is 41.0 Å². The molecule has 1 nitrogen and oxygen atoms in total. The second kappa shape index (κ2) is 3.72. The summed E-state index contributed by atoms with van der Waals surface area (Å²) in [6.45, 7) is 0. The fourth-order valence-corrected chi connectivity index (χ4v) is 1.36. The molecule has 0 atom stereocenters. The monoisotopic (exact) mass is 221 g/mol. The van der Waals surface area contributed by atoms with Crippen molar-refractivity contribution in [2.45, 2.75) is 0 Å². The zero-order valence-corrected chi connectivity index (χ0v) is 7.38. The highest BCUT2D eigenvalue weighted by atomic mass is 79.9. The van der Waals surface area contributed by atoms with Crippen LogP contribution in [0.5, 0.6) is 0 Å². The Morgan fingerprint density at radius 1 is 1.00 bits per heavy atom. The molecule has 0 aliphatic heterocycles. The number of pyridine rings is 1. The van der Waals surface area contributed by atoms with Crippen LogP contribution in [0.25, 0.3) is 10.9 Å². The summed E-state index contributed by atoms with van der Waals surface area (Å²) in [5, 5.41) is 1.18. The topological polar surface area (TPSA) is 12.9 Å². The minimum Gasteiger partial charge on any atom is -0.241 e. The third-order valence-electron chi connectivity index (χ3n) is 1.56. The van der Waals surface area contributed by atoms with Crippen LogP contribution < -0.4 is 0 Å². The largest absolute Gasteiger partial charge is 0.241 e. The van der Waals surface area contributed by atoms with Crippen molar-refractivity contribution in [2.24, 2.45) is 0 Å². The number of rotatable bonds is 0. The summed E-state index contributed by atoms with van der Waals surface area (Å²) in [6, 6.07) is 12.0. The SMILES string of the molecule is B.Brc1ccc2ccccc2n1. The van der Waals surface area contributed by atoms with Crippen LogP contribution in [0.1, 0.15) is 0 Å². The van der Waals surface area contributed by atoms with E-state index in [0.717, 1.165) is 10.1 Å². The van der Waals surface area contributed by atoms with E-state index in [1.165, 1.54) is 5.39 Å². The van der Waals surface area contributed by atoms with Crippen molar-refractivity contribution in [1.29, 1.82) is 0 Å². The van der Waals surface area contributed by atoms with Crippen molar-refractivity contribution in [3.8, 4) is 0 Å². The fourth-order valence-electron chi connectivity index (χ4n) is 1.04. The summed E-state index contributed by atoms with van der Waals surface area (Å²) in [4.78, 5) is 4.29. The van der Waals surface area contributed by atoms with Gasteiger partial charge in [0.05, 0.1) is 13.9 Å². The summed E-state index contributed by atoms with van der Waals surface area (Å²) in [6.07, 6.45) is 0. The molecule has 12 heavy (non-hydrogen) atoms. The second-order valence-electron chi connectivity index (χ2n) is 2.33. The molecular weight excluding hydrogens is 213 g/mol. The molecule has 60 valence electrons. The van der Waals surface area contributed by atoms with Gasteiger partial charge in [0.1, 0.15) is 4.60 Å². The van der Waals surface area contributed by atoms with Crippen LogP contribution in [0.2, 0.25) is 0 Å². The first kappa shape index (κ1) is 9.26. The molecular formula is C9H9BBrN. The molecule has 0 amide bonds. The van der Waals surface area contributed by atoms with E-state index in [2.05, 4.69) is 27.0 Å². The normalized spacial score (nSPS) is 9.42. The molecule has 0 saturated heterocycles. The Morgan fingerprint density at radius 3 is 2.58 bits per heavy atom. The van der Waals surface area contributed by atoms with Gasteiger partial charge in [-0.15, -0.1) is 0 Å². The van der Waals surface area contributed by atoms with Gasteiger partial charge in [0.2, 0.25) is 0 Å². The standard InChI is InChI=1S/C9H6BrN.BH3/c10-9-6-5-7-3-1-2-4-8(7)11-9;/h1-6H;1H3. The van der Waals surface area contributed by atoms with Crippen molar-refractivity contribution >= 4 is 35.2 Å². The maximum Gasteiger partial charge on any atom is 0.106 e. The van der Waals surface area contributed by atoms with Crippen molar-refractivity contribution < 1.29 is 0 Å². The lowest BCUT2D eigenvalue weighted by Crippen LogP contribution is -1.77. The van der Waals surface area contributed by atoms with Crippen molar-refractivity contribution in [3.63, 3.8) is 0 Å². The minimum atomic E-state index is 0. The predicted molar refractivity (Wildman–Crippen MR) is 59.4 cm³/mol. The Labute approximate surface area is 81.5 Å². The number of para-hydroxylation sites is 1. The number of hydrogen-bond acceptors (Lipinski definition) is 1. The molecule has 2 rings (SSSR count). The lowest BCUT2D eigenvalue weighted by atomic mass is 10.2. The Hall–Kier alpha value is -0.825. The Kier molecular flexibility index (Phi) is 2.87. The highest BCUT2D eigenvalue weighted by Gasteiger charge is 1.92. The van der Waals surface area contributed by atoms with Crippen molar-refractivity contribution in [2.75, 3.05) is 0 Å². The van der Waals surface area contributed by atoms with E-state index in [9.17, 15) is 0 Å². The van der Waals surface area contributed by atoms with Gasteiger partial charge in [-0.3, -0.25) is 0 Å². The van der Waals surface area contributed by atoms with E-state index >= 15 is 0 Å². The molecule has 0 spiro atoms. The minimum absolute atomic E-state index is 0. The van der Waals surface area contributed by atoms with Crippen LogP contribution in [-0.2, 0) is 0 Å². The van der Waals surface area contributed by atoms with E-state index in [1.54, 1.807) is 0 Å². The summed E-state index contributed by atoms with van der Waals surface area (Å²) in [7, 11) is 0. The summed E-state index contributed by atoms with van der Waals surface area (Å²) >= 11 is 3.32. The van der Waals surface area contributed by atoms with Gasteiger partial charge < -0.3 is 0 Å². The third kappa shape index (κ3) is 1.67. The van der Waals surface area contributed by atoms with Crippen molar-refractivity contribution in [1.82, 2.24) is 4.98 Å². The first-order valence-corrected chi connectivity index (χ1v) is 4.17. The lowest BCUT2D eigenvalue weighted by Gasteiger charge is -1.94. The van der Waals surface area contributed by atoms with Gasteiger partial charge in [0, 0.05) is 5.39 Å². The van der Waals surface area contributed by atoms with Crippen LogP contribution in [0.3, 0.4) is 0 Å². The molecule has 0 unspecified atom stereocenters. The molecule has 0 N–H and O–H groups in total. The Bertz CT molecular complexity index is 389. The first-order valence-electron chi connectivity index (χ1n) is 3.37. The first-order chi connectivity index (χ1) is 5.36. The average molecular weight is 222 g/mol. The number of hydrogen-bond donors (Lipinski definition) is 0. The molecule has 0 fully saturated rings. The highest BCUT2D eigenvalue weighted by molar-refractivity contribution is 9.10. The van der Waals surface area contributed by atoms with Gasteiger partial charge in [-0.1, -0.05) is 24.3 Å². The fraction of sp³-hybridized carbons (Fsp3) is 0. The Balaban J connectivity index is 0.000000720. The van der Waals surface area contributed by atoms with Crippen LogP contribution in [0.4, 0.5) is 0 Å². The molecule has 1 aromatic carbocycles. The quantitative estimate of drug-likeness (QED) is 0.489. The zero-order chi connectivity index (χ0) is 7.68. The number of aromatic nitrogens is 1. The van der Waals surface area contributed by atoms with E-state index in [1.807, 2.05) is 30.3 Å². The van der Waals surface area contributed by atoms with Gasteiger partial charge in [-0.05, 0) is 28.1 Å². The van der Waals surface area contributed by atoms with Gasteiger partial charge in [0.25, 0.3) is 0 Å². The predicted octanol–water partition coefficient (Wildman–Crippen LogP) is 1.81. The molecule has 0 aliphatic carbocycles. The number of benzene rings is 1. The molecule has 2 aromatic rings. The molecule has 1 heterocycles. The number of halogens is 1. The maximum absolute atomic E-state index is 4.29. The van der Waals surface area contributed by atoms with Crippen LogP contribution in [0.15, 0.2) is 41.0 Å². The Morgan fingerprint density at radius 2 is 1.75 bits per heavy atom. The molecule has 0 bridgehead atoms. The average Bonchev–Trinajstić information content (AvgIpc) is 2.04. The summed E-state index contributed by atoms with van der Waals surface area (Å²) < 4.78 is 0.885. The summed E-state index contributed by atoms with van der Waals surface area (Å²) in [5.74, 6) is 0. The zero-order valence-electron chi connectivity index (χ0n) is 5.79. The van der Waals surface area contributed by atoms with Gasteiger partial charge >= 0.3 is 0 Å². The van der Waals surface area contributed by atoms with E-state index in [-0.39, 0.29) is 8.41 Å². The molecule has 1 aromatic heterocycles. The second-order valence-corrected chi connectivity index (χ2v) is 3.14. The molecule has 0 radical (unpaired) electrons. The van der Waals surface area contributed by atoms with Crippen LogP contribution in [0, 0.1) is 0 Å². The van der Waals surface area contributed by atoms with Gasteiger partial charge in [-0.2, -0.15) is 0 Å². The van der Waals surface area contributed by atoms with Crippen LogP contribution >= 0.6 is 15.9 Å². The molecule has 0 aliphatic rings. The number of fused-ring (bicyclic) bond motifs is 1. The van der Waals surface area contributed by atoms with E-state index in [0.29, 0.717) is 0 Å². The maximum atomic E-state index is 4.29. The highest BCUT2D eigenvalue weighted by Crippen LogP contribution is 2.14. The van der Waals surface area contributed by atoms with Crippen LogP contribution in [-0.4, -0.2) is 13.4 Å². The van der Waals surface area contributed by atoms with Gasteiger partial charge in [-0.25, -0.2) is 4.98 Å². The molecule has 0 saturated carbocycles. The third-order valence-corrected chi connectivity index (χ3v) is 2.01. The smallest absolute Gasteiger partial charge is 0.106 e. The van der Waals surface area contributed by atoms with Gasteiger partial charge in [0.15, 0.2) is 0 Å². The van der Waals surface area contributed by atoms with E-state index in [4.69, 9.17) is 0 Å². The van der Waals surface area contributed by atoms with E-state index < -0.39 is 0 Å².